The van der Waals surface area contributed by atoms with Crippen molar-refractivity contribution in [3.05, 3.63) is 29.8 Å². The van der Waals surface area contributed by atoms with E-state index in [9.17, 15) is 18.3 Å². The fourth-order valence-corrected chi connectivity index (χ4v) is 4.51. The Bertz CT molecular complexity index is 742. The lowest BCUT2D eigenvalue weighted by Crippen LogP contribution is -2.33. The molecule has 1 amide bonds. The molecular weight excluding hydrogens is 382 g/mol. The summed E-state index contributed by atoms with van der Waals surface area (Å²) in [6.45, 7) is 6.13. The Morgan fingerprint density at radius 3 is 2.61 bits per heavy atom. The zero-order valence-corrected chi connectivity index (χ0v) is 17.6. The van der Waals surface area contributed by atoms with E-state index in [2.05, 4.69) is 5.32 Å². The lowest BCUT2D eigenvalue weighted by molar-refractivity contribution is 0.0518. The van der Waals surface area contributed by atoms with Crippen LogP contribution in [0.5, 0.6) is 5.75 Å². The van der Waals surface area contributed by atoms with E-state index in [-0.39, 0.29) is 24.0 Å². The van der Waals surface area contributed by atoms with E-state index in [1.165, 1.54) is 0 Å². The molecule has 1 aliphatic rings. The second-order valence-corrected chi connectivity index (χ2v) is 10.5. The van der Waals surface area contributed by atoms with Crippen molar-refractivity contribution in [2.45, 2.75) is 51.7 Å². The second-order valence-electron chi connectivity index (χ2n) is 8.21. The van der Waals surface area contributed by atoms with Gasteiger partial charge < -0.3 is 19.9 Å². The van der Waals surface area contributed by atoms with Crippen LogP contribution in [0.2, 0.25) is 0 Å². The van der Waals surface area contributed by atoms with Crippen LogP contribution in [0.1, 0.15) is 51.7 Å². The van der Waals surface area contributed by atoms with Crippen molar-refractivity contribution in [2.75, 3.05) is 24.7 Å². The number of hydrogen-bond acceptors (Lipinski definition) is 6. The molecule has 8 heteroatoms. The lowest BCUT2D eigenvalue weighted by atomic mass is 10.0. The zero-order chi connectivity index (χ0) is 20.8. The third-order valence-electron chi connectivity index (χ3n) is 4.49. The molecule has 1 aliphatic heterocycles. The summed E-state index contributed by atoms with van der Waals surface area (Å²) in [5.41, 5.74) is 0.145. The molecular formula is C20H31NO6S. The van der Waals surface area contributed by atoms with Gasteiger partial charge in [-0.3, -0.25) is 0 Å². The van der Waals surface area contributed by atoms with E-state index in [4.69, 9.17) is 9.47 Å². The summed E-state index contributed by atoms with van der Waals surface area (Å²) in [5, 5.41) is 13.0. The number of carbonyl (C=O) groups excluding carboxylic acids is 1. The maximum Gasteiger partial charge on any atom is 0.407 e. The predicted molar refractivity (Wildman–Crippen MR) is 107 cm³/mol. The van der Waals surface area contributed by atoms with Gasteiger partial charge >= 0.3 is 6.09 Å². The van der Waals surface area contributed by atoms with Crippen LogP contribution in [-0.2, 0) is 14.6 Å². The van der Waals surface area contributed by atoms with Gasteiger partial charge in [0.2, 0.25) is 0 Å². The average molecular weight is 414 g/mol. The molecule has 0 spiro atoms. The fourth-order valence-electron chi connectivity index (χ4n) is 2.92. The number of benzene rings is 1. The van der Waals surface area contributed by atoms with E-state index in [0.717, 1.165) is 0 Å². The third-order valence-corrected chi connectivity index (χ3v) is 6.20. The highest BCUT2D eigenvalue weighted by Crippen LogP contribution is 2.24. The fraction of sp³-hybridized carbons (Fsp3) is 0.650. The number of hydrogen-bond donors (Lipinski definition) is 2. The molecule has 0 radical (unpaired) electrons. The van der Waals surface area contributed by atoms with Crippen LogP contribution < -0.4 is 10.1 Å². The molecule has 28 heavy (non-hydrogen) atoms. The van der Waals surface area contributed by atoms with Gasteiger partial charge in [0.25, 0.3) is 0 Å². The largest absolute Gasteiger partial charge is 0.493 e. The van der Waals surface area contributed by atoms with Gasteiger partial charge in [0.05, 0.1) is 24.2 Å². The Hall–Kier alpha value is -1.80. The predicted octanol–water partition coefficient (Wildman–Crippen LogP) is 2.84. The summed E-state index contributed by atoms with van der Waals surface area (Å²) in [4.78, 5) is 11.6. The average Bonchev–Trinajstić information content (AvgIpc) is 2.59. The van der Waals surface area contributed by atoms with E-state index in [1.54, 1.807) is 39.0 Å². The first-order valence-electron chi connectivity index (χ1n) is 9.62. The lowest BCUT2D eigenvalue weighted by Gasteiger charge is -2.22. The smallest absolute Gasteiger partial charge is 0.407 e. The number of aliphatic hydroxyl groups is 1. The Morgan fingerprint density at radius 1 is 1.29 bits per heavy atom. The maximum atomic E-state index is 11.6. The number of alkyl carbamates (subject to hydrolysis) is 1. The minimum absolute atomic E-state index is 0.227. The number of sulfone groups is 1. The zero-order valence-electron chi connectivity index (χ0n) is 16.8. The second kappa shape index (κ2) is 9.60. The topological polar surface area (TPSA) is 102 Å². The highest BCUT2D eigenvalue weighted by Gasteiger charge is 2.24. The number of carbonyl (C=O) groups is 1. The summed E-state index contributed by atoms with van der Waals surface area (Å²) < 4.78 is 33.9. The molecule has 1 atom stereocenters. The van der Waals surface area contributed by atoms with Crippen molar-refractivity contribution in [3.63, 3.8) is 0 Å². The number of nitrogens with one attached hydrogen (secondary N) is 1. The van der Waals surface area contributed by atoms with Crippen LogP contribution in [0.25, 0.3) is 0 Å². The summed E-state index contributed by atoms with van der Waals surface area (Å²) in [6.07, 6.45) is 0.357. The van der Waals surface area contributed by atoms with Crippen LogP contribution in [0.15, 0.2) is 24.3 Å². The van der Waals surface area contributed by atoms with E-state index in [1.807, 2.05) is 6.07 Å². The normalized spacial score (nSPS) is 18.3. The quantitative estimate of drug-likeness (QED) is 0.713. The molecule has 158 valence electrons. The minimum Gasteiger partial charge on any atom is -0.493 e. The van der Waals surface area contributed by atoms with Gasteiger partial charge in [0.1, 0.15) is 21.2 Å². The first-order chi connectivity index (χ1) is 13.0. The van der Waals surface area contributed by atoms with Gasteiger partial charge in [-0.05, 0) is 63.6 Å². The van der Waals surface area contributed by atoms with Crippen molar-refractivity contribution in [1.82, 2.24) is 5.32 Å². The van der Waals surface area contributed by atoms with Crippen LogP contribution in [0, 0.1) is 5.92 Å². The third kappa shape index (κ3) is 8.06. The molecule has 7 nitrogen and oxygen atoms in total. The number of ether oxygens (including phenoxy) is 2. The van der Waals surface area contributed by atoms with Gasteiger partial charge in [-0.25, -0.2) is 13.2 Å². The molecule has 2 rings (SSSR count). The Balaban J connectivity index is 1.77. The van der Waals surface area contributed by atoms with Crippen molar-refractivity contribution >= 4 is 15.9 Å². The van der Waals surface area contributed by atoms with Crippen LogP contribution >= 0.6 is 0 Å². The van der Waals surface area contributed by atoms with Crippen molar-refractivity contribution in [3.8, 4) is 5.75 Å². The highest BCUT2D eigenvalue weighted by molar-refractivity contribution is 7.91. The standard InChI is InChI=1S/C20H31NO6S/c1-20(2,3)27-19(23)21-10-7-18(22)16-5-4-6-17(13-16)26-14-15-8-11-28(24,25)12-9-15/h4-6,13,15,18,22H,7-12,14H2,1-3H3,(H,21,23)/t18-/m1/s1. The van der Waals surface area contributed by atoms with Crippen molar-refractivity contribution in [2.24, 2.45) is 5.92 Å². The summed E-state index contributed by atoms with van der Waals surface area (Å²) in [5.74, 6) is 1.33. The van der Waals surface area contributed by atoms with Crippen LogP contribution in [-0.4, -0.2) is 49.9 Å². The van der Waals surface area contributed by atoms with Crippen LogP contribution in [0.3, 0.4) is 0 Å². The van der Waals surface area contributed by atoms with Gasteiger partial charge in [-0.2, -0.15) is 0 Å². The molecule has 0 saturated carbocycles. The number of rotatable bonds is 7. The first-order valence-corrected chi connectivity index (χ1v) is 11.4. The molecule has 0 unspecified atom stereocenters. The summed E-state index contributed by atoms with van der Waals surface area (Å²) in [6, 6.07) is 7.20. The van der Waals surface area contributed by atoms with E-state index in [0.29, 0.717) is 37.2 Å². The van der Waals surface area contributed by atoms with Gasteiger partial charge in [0, 0.05) is 6.54 Å². The van der Waals surface area contributed by atoms with E-state index >= 15 is 0 Å². The monoisotopic (exact) mass is 413 g/mol. The Morgan fingerprint density at radius 2 is 1.96 bits per heavy atom. The molecule has 1 fully saturated rings. The molecule has 1 saturated heterocycles. The van der Waals surface area contributed by atoms with Crippen molar-refractivity contribution < 1.29 is 27.8 Å². The molecule has 2 N–H and O–H groups in total. The molecule has 0 bridgehead atoms. The molecule has 1 aromatic rings. The molecule has 0 aliphatic carbocycles. The molecule has 0 aromatic heterocycles. The maximum absolute atomic E-state index is 11.6. The summed E-state index contributed by atoms with van der Waals surface area (Å²) >= 11 is 0. The van der Waals surface area contributed by atoms with Crippen molar-refractivity contribution in [1.29, 1.82) is 0 Å². The summed E-state index contributed by atoms with van der Waals surface area (Å²) in [7, 11) is -2.87. The highest BCUT2D eigenvalue weighted by atomic mass is 32.2. The molecule has 1 aromatic carbocycles. The SMILES string of the molecule is CC(C)(C)OC(=O)NCC[C@@H](O)c1cccc(OCC2CCS(=O)(=O)CC2)c1. The Kier molecular flexibility index (Phi) is 7.71. The van der Waals surface area contributed by atoms with Gasteiger partial charge in [-0.1, -0.05) is 12.1 Å². The number of aliphatic hydroxyl groups excluding tert-OH is 1. The minimum atomic E-state index is -2.87. The Labute approximate surface area is 167 Å². The van der Waals surface area contributed by atoms with Gasteiger partial charge in [-0.15, -0.1) is 0 Å². The van der Waals surface area contributed by atoms with E-state index < -0.39 is 27.6 Å². The molecule has 1 heterocycles. The van der Waals surface area contributed by atoms with Gasteiger partial charge in [0.15, 0.2) is 0 Å². The van der Waals surface area contributed by atoms with Crippen LogP contribution in [0.4, 0.5) is 4.79 Å². The number of amides is 1. The first kappa shape index (κ1) is 22.5.